The molecule has 1 aromatic rings. The van der Waals surface area contributed by atoms with Gasteiger partial charge in [0.2, 0.25) is 5.91 Å². The number of carbonyl (C=O) groups is 1. The minimum Gasteiger partial charge on any atom is -0.350 e. The number of hydrogen-bond acceptors (Lipinski definition) is 3. The van der Waals surface area contributed by atoms with E-state index in [-0.39, 0.29) is 17.8 Å². The van der Waals surface area contributed by atoms with Crippen LogP contribution in [0.2, 0.25) is 0 Å². The van der Waals surface area contributed by atoms with Gasteiger partial charge in [-0.3, -0.25) is 9.79 Å². The van der Waals surface area contributed by atoms with E-state index in [0.717, 1.165) is 5.17 Å². The monoisotopic (exact) mass is 363 g/mol. The molecular weight excluding hydrogens is 337 g/mol. The summed E-state index contributed by atoms with van der Waals surface area (Å²) in [5.41, 5.74) is 0.502. The molecule has 6 heteroatoms. The third kappa shape index (κ3) is 4.75. The van der Waals surface area contributed by atoms with Crippen molar-refractivity contribution in [1.29, 1.82) is 0 Å². The molecule has 2 unspecified atom stereocenters. The summed E-state index contributed by atoms with van der Waals surface area (Å²) < 4.78 is 13.2. The van der Waals surface area contributed by atoms with Crippen LogP contribution in [-0.2, 0) is 4.79 Å². The Morgan fingerprint density at radius 3 is 2.84 bits per heavy atom. The van der Waals surface area contributed by atoms with E-state index < -0.39 is 0 Å². The average Bonchev–Trinajstić information content (AvgIpc) is 2.83. The number of hydrogen-bond donors (Lipinski definition) is 1. The molecule has 1 amide bonds. The molecule has 1 saturated heterocycles. The van der Waals surface area contributed by atoms with Crippen LogP contribution >= 0.6 is 11.8 Å². The molecule has 2 fully saturated rings. The Kier molecular flexibility index (Phi) is 5.99. The molecule has 136 valence electrons. The van der Waals surface area contributed by atoms with E-state index in [1.165, 1.54) is 44.2 Å². The third-order valence-electron chi connectivity index (χ3n) is 5.00. The van der Waals surface area contributed by atoms with E-state index in [4.69, 9.17) is 4.99 Å². The maximum atomic E-state index is 13.2. The fourth-order valence-electron chi connectivity index (χ4n) is 3.54. The highest BCUT2D eigenvalue weighted by Crippen LogP contribution is 2.34. The number of anilines is 1. The molecule has 0 aromatic heterocycles. The number of aliphatic imine (C=N–C) groups is 1. The zero-order chi connectivity index (χ0) is 17.8. The molecule has 1 heterocycles. The molecule has 2 atom stereocenters. The second-order valence-electron chi connectivity index (χ2n) is 6.97. The Balaban J connectivity index is 1.60. The van der Waals surface area contributed by atoms with Crippen LogP contribution in [0, 0.1) is 5.82 Å². The Labute approximate surface area is 153 Å². The highest BCUT2D eigenvalue weighted by atomic mass is 32.2. The number of thioether (sulfide) groups is 1. The normalized spacial score (nSPS) is 26.2. The molecule has 1 saturated carbocycles. The fraction of sp³-hybridized carbons (Fsp3) is 0.579. The Morgan fingerprint density at radius 1 is 1.36 bits per heavy atom. The minimum atomic E-state index is -0.346. The van der Waals surface area contributed by atoms with Crippen molar-refractivity contribution >= 4 is 28.5 Å². The van der Waals surface area contributed by atoms with E-state index >= 15 is 0 Å². The second-order valence-corrected chi connectivity index (χ2v) is 8.31. The predicted octanol–water partition coefficient (Wildman–Crippen LogP) is 4.28. The maximum absolute atomic E-state index is 13.2. The minimum absolute atomic E-state index is 0.0891. The van der Waals surface area contributed by atoms with E-state index in [0.29, 0.717) is 23.4 Å². The van der Waals surface area contributed by atoms with Crippen LogP contribution in [0.1, 0.15) is 45.4 Å². The molecule has 1 N–H and O–H groups in total. The first-order valence-corrected chi connectivity index (χ1v) is 9.93. The summed E-state index contributed by atoms with van der Waals surface area (Å²) in [4.78, 5) is 19.4. The van der Waals surface area contributed by atoms with Gasteiger partial charge in [0.05, 0.1) is 12.1 Å². The Bertz CT molecular complexity index is 645. The van der Waals surface area contributed by atoms with Crippen LogP contribution in [-0.4, -0.2) is 40.4 Å². The molecule has 0 spiro atoms. The van der Waals surface area contributed by atoms with E-state index in [1.807, 2.05) is 7.05 Å². The van der Waals surface area contributed by atoms with Crippen molar-refractivity contribution in [3.05, 3.63) is 30.1 Å². The number of amidine groups is 1. The smallest absolute Gasteiger partial charge is 0.226 e. The van der Waals surface area contributed by atoms with Gasteiger partial charge in [0.25, 0.3) is 0 Å². The van der Waals surface area contributed by atoms with Gasteiger partial charge in [0.1, 0.15) is 5.82 Å². The third-order valence-corrected chi connectivity index (χ3v) is 6.29. The van der Waals surface area contributed by atoms with Crippen molar-refractivity contribution in [1.82, 2.24) is 4.90 Å². The molecule has 3 rings (SSSR count). The number of halogens is 1. The van der Waals surface area contributed by atoms with Crippen LogP contribution in [0.15, 0.2) is 29.3 Å². The van der Waals surface area contributed by atoms with Crippen molar-refractivity contribution < 1.29 is 9.18 Å². The van der Waals surface area contributed by atoms with Crippen LogP contribution < -0.4 is 5.32 Å². The van der Waals surface area contributed by atoms with Gasteiger partial charge in [-0.25, -0.2) is 4.39 Å². The summed E-state index contributed by atoms with van der Waals surface area (Å²) >= 11 is 1.76. The number of nitrogens with zero attached hydrogens (tertiary/aromatic N) is 2. The summed E-state index contributed by atoms with van der Waals surface area (Å²) in [6.45, 7) is 2.14. The first-order valence-electron chi connectivity index (χ1n) is 9.05. The zero-order valence-electron chi connectivity index (χ0n) is 14.9. The Hall–Kier alpha value is -1.56. The van der Waals surface area contributed by atoms with Crippen molar-refractivity contribution in [2.24, 2.45) is 4.99 Å². The van der Waals surface area contributed by atoms with Gasteiger partial charge >= 0.3 is 0 Å². The van der Waals surface area contributed by atoms with Crippen molar-refractivity contribution in [2.75, 3.05) is 12.4 Å². The van der Waals surface area contributed by atoms with Gasteiger partial charge in [0.15, 0.2) is 5.17 Å². The van der Waals surface area contributed by atoms with E-state index in [9.17, 15) is 9.18 Å². The number of carbonyl (C=O) groups excluding carboxylic acids is 1. The van der Waals surface area contributed by atoms with Crippen LogP contribution in [0.5, 0.6) is 0 Å². The molecule has 25 heavy (non-hydrogen) atoms. The lowest BCUT2D eigenvalue weighted by Gasteiger charge is -2.24. The summed E-state index contributed by atoms with van der Waals surface area (Å²) in [5, 5.41) is 4.16. The molecule has 4 nitrogen and oxygen atoms in total. The van der Waals surface area contributed by atoms with Gasteiger partial charge in [-0.1, -0.05) is 44.0 Å². The largest absolute Gasteiger partial charge is 0.350 e. The Morgan fingerprint density at radius 2 is 2.12 bits per heavy atom. The van der Waals surface area contributed by atoms with E-state index in [2.05, 4.69) is 17.1 Å². The topological polar surface area (TPSA) is 44.7 Å². The summed E-state index contributed by atoms with van der Waals surface area (Å²) in [6.07, 6.45) is 6.60. The quantitative estimate of drug-likeness (QED) is 0.868. The average molecular weight is 364 g/mol. The summed E-state index contributed by atoms with van der Waals surface area (Å²) in [5.74, 6) is -0.435. The first-order chi connectivity index (χ1) is 12.0. The fourth-order valence-corrected chi connectivity index (χ4v) is 4.82. The van der Waals surface area contributed by atoms with Crippen LogP contribution in [0.3, 0.4) is 0 Å². The van der Waals surface area contributed by atoms with Crippen molar-refractivity contribution in [2.45, 2.75) is 62.8 Å². The summed E-state index contributed by atoms with van der Waals surface area (Å²) in [7, 11) is 2.03. The maximum Gasteiger partial charge on any atom is 0.226 e. The van der Waals surface area contributed by atoms with Crippen LogP contribution in [0.4, 0.5) is 10.1 Å². The molecule has 1 aliphatic carbocycles. The van der Waals surface area contributed by atoms with Crippen molar-refractivity contribution in [3.8, 4) is 0 Å². The van der Waals surface area contributed by atoms with Gasteiger partial charge in [-0.15, -0.1) is 0 Å². The number of rotatable bonds is 4. The lowest BCUT2D eigenvalue weighted by atomic mass is 9.96. The van der Waals surface area contributed by atoms with E-state index in [1.54, 1.807) is 23.9 Å². The second kappa shape index (κ2) is 8.21. The number of amides is 1. The van der Waals surface area contributed by atoms with Crippen LogP contribution in [0.25, 0.3) is 0 Å². The van der Waals surface area contributed by atoms with Gasteiger partial charge < -0.3 is 10.2 Å². The molecule has 0 radical (unpaired) electrons. The molecule has 0 bridgehead atoms. The van der Waals surface area contributed by atoms with Gasteiger partial charge in [0, 0.05) is 24.4 Å². The lowest BCUT2D eigenvalue weighted by molar-refractivity contribution is -0.117. The molecule has 1 aliphatic heterocycles. The van der Waals surface area contributed by atoms with Crippen molar-refractivity contribution in [3.63, 3.8) is 0 Å². The SMILES string of the molecule is CC1SC(=NC2CCCCC2)N(C)C1CC(=O)Nc1cccc(F)c1. The van der Waals surface area contributed by atoms with Gasteiger partial charge in [-0.05, 0) is 31.0 Å². The number of benzene rings is 1. The highest BCUT2D eigenvalue weighted by Gasteiger charge is 2.36. The molecular formula is C19H26FN3OS. The number of nitrogens with one attached hydrogen (secondary N) is 1. The summed E-state index contributed by atoms with van der Waals surface area (Å²) in [6, 6.07) is 6.55. The standard InChI is InChI=1S/C19H26FN3OS/c1-13-17(12-18(24)21-16-10-6-7-14(20)11-16)23(2)19(25-13)22-15-8-4-3-5-9-15/h6-7,10-11,13,15,17H,3-5,8-9,12H2,1-2H3,(H,21,24). The van der Waals surface area contributed by atoms with Gasteiger partial charge in [-0.2, -0.15) is 0 Å². The highest BCUT2D eigenvalue weighted by molar-refractivity contribution is 8.14. The molecule has 2 aliphatic rings. The predicted molar refractivity (Wildman–Crippen MR) is 103 cm³/mol. The zero-order valence-corrected chi connectivity index (χ0v) is 15.7. The lowest BCUT2D eigenvalue weighted by Crippen LogP contribution is -2.36. The molecule has 1 aromatic carbocycles. The first kappa shape index (κ1) is 18.2.